The second kappa shape index (κ2) is 5.93. The van der Waals surface area contributed by atoms with E-state index < -0.39 is 24.2 Å². The van der Waals surface area contributed by atoms with E-state index in [4.69, 9.17) is 10.5 Å². The van der Waals surface area contributed by atoms with E-state index in [1.807, 2.05) is 0 Å². The molecular weight excluding hydrogens is 354 g/mol. The highest BCUT2D eigenvalue weighted by molar-refractivity contribution is 9.10. The number of nitrogens with two attached hydrogens (primary N) is 1. The van der Waals surface area contributed by atoms with E-state index >= 15 is 0 Å². The number of benzene rings is 2. The Bertz CT molecular complexity index is 658. The Hall–Kier alpha value is -1.76. The molecule has 2 nitrogen and oxygen atoms in total. The Kier molecular flexibility index (Phi) is 4.41. The van der Waals surface area contributed by atoms with Crippen LogP contribution in [0.15, 0.2) is 40.9 Å². The van der Waals surface area contributed by atoms with Crippen molar-refractivity contribution in [3.8, 4) is 5.75 Å². The third kappa shape index (κ3) is 3.87. The minimum absolute atomic E-state index is 0.000831. The van der Waals surface area contributed by atoms with Crippen LogP contribution in [0.3, 0.4) is 0 Å². The van der Waals surface area contributed by atoms with Crippen LogP contribution in [0.25, 0.3) is 0 Å². The number of hydrogen-bond acceptors (Lipinski definition) is 2. The average Bonchev–Trinajstić information content (AvgIpc) is 2.38. The largest absolute Gasteiger partial charge is 0.486 e. The van der Waals surface area contributed by atoms with Gasteiger partial charge in [-0.05, 0) is 30.3 Å². The van der Waals surface area contributed by atoms with Gasteiger partial charge in [-0.15, -0.1) is 0 Å². The standard InChI is InChI=1S/C14H10BrF4NO/c15-9-2-4-13(12(16)5-9)21-7-8-1-3-10(20)6-11(8)14(17,18)19/h1-6H,7,20H2. The van der Waals surface area contributed by atoms with Crippen molar-refractivity contribution in [1.29, 1.82) is 0 Å². The molecule has 21 heavy (non-hydrogen) atoms. The highest BCUT2D eigenvalue weighted by Gasteiger charge is 2.33. The maximum absolute atomic E-state index is 13.6. The molecule has 2 aromatic carbocycles. The van der Waals surface area contributed by atoms with E-state index in [1.165, 1.54) is 30.3 Å². The quantitative estimate of drug-likeness (QED) is 0.629. The zero-order valence-corrected chi connectivity index (χ0v) is 12.1. The molecule has 0 spiro atoms. The van der Waals surface area contributed by atoms with Gasteiger partial charge in [-0.2, -0.15) is 13.2 Å². The number of anilines is 1. The minimum atomic E-state index is -4.55. The summed E-state index contributed by atoms with van der Waals surface area (Å²) in [5.74, 6) is -0.781. The van der Waals surface area contributed by atoms with Crippen LogP contribution in [0.2, 0.25) is 0 Å². The van der Waals surface area contributed by atoms with E-state index in [9.17, 15) is 17.6 Å². The first-order valence-electron chi connectivity index (χ1n) is 5.81. The van der Waals surface area contributed by atoms with Gasteiger partial charge in [0.25, 0.3) is 0 Å². The van der Waals surface area contributed by atoms with Crippen molar-refractivity contribution in [2.75, 3.05) is 5.73 Å². The van der Waals surface area contributed by atoms with Crippen LogP contribution >= 0.6 is 15.9 Å². The number of hydrogen-bond donors (Lipinski definition) is 1. The summed E-state index contributed by atoms with van der Waals surface area (Å²) in [6.45, 7) is -0.409. The Morgan fingerprint density at radius 2 is 1.81 bits per heavy atom. The molecule has 0 fully saturated rings. The topological polar surface area (TPSA) is 35.2 Å². The molecule has 0 radical (unpaired) electrons. The molecule has 0 aliphatic heterocycles. The molecule has 0 bridgehead atoms. The molecule has 0 aromatic heterocycles. The van der Waals surface area contributed by atoms with Gasteiger partial charge in [0.2, 0.25) is 0 Å². The van der Waals surface area contributed by atoms with Gasteiger partial charge in [-0.3, -0.25) is 0 Å². The van der Waals surface area contributed by atoms with Crippen molar-refractivity contribution in [2.45, 2.75) is 12.8 Å². The van der Waals surface area contributed by atoms with Gasteiger partial charge in [-0.1, -0.05) is 22.0 Å². The van der Waals surface area contributed by atoms with Crippen LogP contribution in [0, 0.1) is 5.82 Å². The van der Waals surface area contributed by atoms with Gasteiger partial charge in [-0.25, -0.2) is 4.39 Å². The molecule has 0 atom stereocenters. The molecule has 0 amide bonds. The van der Waals surface area contributed by atoms with Crippen molar-refractivity contribution >= 4 is 21.6 Å². The van der Waals surface area contributed by atoms with E-state index in [2.05, 4.69) is 15.9 Å². The molecule has 0 saturated carbocycles. The first kappa shape index (κ1) is 15.6. The molecule has 0 aliphatic rings. The third-order valence-electron chi connectivity index (χ3n) is 2.72. The summed E-state index contributed by atoms with van der Waals surface area (Å²) in [4.78, 5) is 0. The lowest BCUT2D eigenvalue weighted by Crippen LogP contribution is -2.12. The molecule has 2 rings (SSSR count). The predicted molar refractivity (Wildman–Crippen MR) is 74.3 cm³/mol. The minimum Gasteiger partial charge on any atom is -0.486 e. The summed E-state index contributed by atoms with van der Waals surface area (Å²) < 4.78 is 57.9. The number of alkyl halides is 3. The molecule has 0 saturated heterocycles. The lowest BCUT2D eigenvalue weighted by molar-refractivity contribution is -0.138. The van der Waals surface area contributed by atoms with Gasteiger partial charge in [0.15, 0.2) is 11.6 Å². The van der Waals surface area contributed by atoms with Crippen molar-refractivity contribution in [1.82, 2.24) is 0 Å². The van der Waals surface area contributed by atoms with Gasteiger partial charge < -0.3 is 10.5 Å². The first-order valence-corrected chi connectivity index (χ1v) is 6.60. The van der Waals surface area contributed by atoms with Crippen molar-refractivity contribution in [3.63, 3.8) is 0 Å². The Balaban J connectivity index is 2.24. The third-order valence-corrected chi connectivity index (χ3v) is 3.21. The summed E-state index contributed by atoms with van der Waals surface area (Å²) in [6, 6.07) is 7.43. The fourth-order valence-electron chi connectivity index (χ4n) is 1.73. The normalized spacial score (nSPS) is 11.5. The Morgan fingerprint density at radius 1 is 1.10 bits per heavy atom. The average molecular weight is 364 g/mol. The van der Waals surface area contributed by atoms with Crippen molar-refractivity contribution in [2.24, 2.45) is 0 Å². The zero-order chi connectivity index (χ0) is 15.6. The highest BCUT2D eigenvalue weighted by Crippen LogP contribution is 2.34. The lowest BCUT2D eigenvalue weighted by atomic mass is 10.1. The first-order chi connectivity index (χ1) is 9.77. The van der Waals surface area contributed by atoms with E-state index in [-0.39, 0.29) is 17.0 Å². The van der Waals surface area contributed by atoms with Crippen molar-refractivity contribution in [3.05, 3.63) is 57.8 Å². The number of ether oxygens (including phenoxy) is 1. The van der Waals surface area contributed by atoms with Crippen molar-refractivity contribution < 1.29 is 22.3 Å². The fourth-order valence-corrected chi connectivity index (χ4v) is 2.06. The van der Waals surface area contributed by atoms with Crippen LogP contribution in [-0.2, 0) is 12.8 Å². The zero-order valence-electron chi connectivity index (χ0n) is 10.5. The number of nitrogen functional groups attached to an aromatic ring is 1. The number of halogens is 5. The summed E-state index contributed by atoms with van der Waals surface area (Å²) in [6.07, 6.45) is -4.55. The van der Waals surface area contributed by atoms with E-state index in [0.717, 1.165) is 6.07 Å². The maximum atomic E-state index is 13.6. The lowest BCUT2D eigenvalue weighted by Gasteiger charge is -2.14. The molecule has 0 heterocycles. The van der Waals surface area contributed by atoms with Crippen LogP contribution in [-0.4, -0.2) is 0 Å². The maximum Gasteiger partial charge on any atom is 0.416 e. The molecule has 2 N–H and O–H groups in total. The van der Waals surface area contributed by atoms with E-state index in [0.29, 0.717) is 4.47 Å². The highest BCUT2D eigenvalue weighted by atomic mass is 79.9. The monoisotopic (exact) mass is 363 g/mol. The fraction of sp³-hybridized carbons (Fsp3) is 0.143. The van der Waals surface area contributed by atoms with Crippen LogP contribution < -0.4 is 10.5 Å². The molecule has 7 heteroatoms. The molecule has 2 aromatic rings. The SMILES string of the molecule is Nc1ccc(COc2ccc(Br)cc2F)c(C(F)(F)F)c1. The van der Waals surface area contributed by atoms with Gasteiger partial charge in [0, 0.05) is 15.7 Å². The van der Waals surface area contributed by atoms with E-state index in [1.54, 1.807) is 0 Å². The molecule has 112 valence electrons. The van der Waals surface area contributed by atoms with Crippen LogP contribution in [0.5, 0.6) is 5.75 Å². The second-order valence-corrected chi connectivity index (χ2v) is 5.19. The second-order valence-electron chi connectivity index (χ2n) is 4.28. The summed E-state index contributed by atoms with van der Waals surface area (Å²) >= 11 is 3.08. The van der Waals surface area contributed by atoms with Crippen LogP contribution in [0.4, 0.5) is 23.2 Å². The predicted octanol–water partition coefficient (Wildman–Crippen LogP) is 4.77. The Morgan fingerprint density at radius 3 is 2.43 bits per heavy atom. The smallest absolute Gasteiger partial charge is 0.416 e. The summed E-state index contributed by atoms with van der Waals surface area (Å²) in [7, 11) is 0. The van der Waals surface area contributed by atoms with Gasteiger partial charge in [0.05, 0.1) is 5.56 Å². The van der Waals surface area contributed by atoms with Gasteiger partial charge in [0.1, 0.15) is 6.61 Å². The molecule has 0 unspecified atom stereocenters. The summed E-state index contributed by atoms with van der Waals surface area (Å²) in [5.41, 5.74) is 4.37. The van der Waals surface area contributed by atoms with Crippen LogP contribution in [0.1, 0.15) is 11.1 Å². The molecule has 0 aliphatic carbocycles. The summed E-state index contributed by atoms with van der Waals surface area (Å²) in [5, 5.41) is 0. The number of rotatable bonds is 3. The molecular formula is C14H10BrF4NO. The van der Waals surface area contributed by atoms with Gasteiger partial charge >= 0.3 is 6.18 Å². The Labute approximate surface area is 126 Å².